The molecule has 0 spiro atoms. The fraction of sp³-hybridized carbons (Fsp3) is 0.722. The highest BCUT2D eigenvalue weighted by Gasteiger charge is 2.10. The lowest BCUT2D eigenvalue weighted by Gasteiger charge is -2.13. The van der Waals surface area contributed by atoms with Gasteiger partial charge in [-0.25, -0.2) is 0 Å². The first-order valence-corrected chi connectivity index (χ1v) is 18.0. The summed E-state index contributed by atoms with van der Waals surface area (Å²) in [4.78, 5) is 0. The van der Waals surface area contributed by atoms with Crippen LogP contribution in [0.1, 0.15) is 142 Å². The lowest BCUT2D eigenvalue weighted by molar-refractivity contribution is 0.173. The Kier molecular flexibility index (Phi) is 22.2. The van der Waals surface area contributed by atoms with Crippen LogP contribution in [0.5, 0.6) is 23.0 Å². The maximum Gasteiger partial charge on any atom is 0.172 e. The summed E-state index contributed by atoms with van der Waals surface area (Å²) in [5, 5.41) is 3.91. The number of ether oxygens (including phenoxy) is 4. The summed E-state index contributed by atoms with van der Waals surface area (Å²) in [6.07, 6.45) is 27.1. The molecule has 0 N–H and O–H groups in total. The number of fused-ring (bicyclic) bond motifs is 1. The molecular formula is C36H60O4S. The predicted octanol–water partition coefficient (Wildman–Crippen LogP) is 11.8. The van der Waals surface area contributed by atoms with Gasteiger partial charge in [-0.05, 0) is 25.0 Å². The molecular weight excluding hydrogens is 528 g/mol. The van der Waals surface area contributed by atoms with Gasteiger partial charge in [0, 0.05) is 10.8 Å². The van der Waals surface area contributed by atoms with Crippen molar-refractivity contribution in [3.05, 3.63) is 35.0 Å². The molecule has 4 nitrogen and oxygen atoms in total. The number of benzene rings is 1. The third kappa shape index (κ3) is 18.3. The Morgan fingerprint density at radius 2 is 0.854 bits per heavy atom. The number of hydrogen-bond acceptors (Lipinski definition) is 5. The second-order valence-corrected chi connectivity index (χ2v) is 12.0. The van der Waals surface area contributed by atoms with Crippen LogP contribution in [-0.2, 0) is 0 Å². The Hall–Kier alpha value is -1.88. The summed E-state index contributed by atoms with van der Waals surface area (Å²) < 4.78 is 22.6. The van der Waals surface area contributed by atoms with E-state index in [1.807, 2.05) is 35.0 Å². The average Bonchev–Trinajstić information content (AvgIpc) is 3.49. The first kappa shape index (κ1) is 35.3. The second kappa shape index (κ2) is 25.8. The van der Waals surface area contributed by atoms with Gasteiger partial charge in [-0.1, -0.05) is 142 Å². The number of rotatable bonds is 24. The van der Waals surface area contributed by atoms with E-state index < -0.39 is 0 Å². The van der Waals surface area contributed by atoms with Crippen molar-refractivity contribution >= 4 is 11.3 Å². The maximum atomic E-state index is 6.03. The fourth-order valence-corrected chi connectivity index (χ4v) is 5.70. The number of hydrogen-bond donors (Lipinski definition) is 0. The normalized spacial score (nSPS) is 12.0. The van der Waals surface area contributed by atoms with Crippen molar-refractivity contribution in [3.8, 4) is 23.0 Å². The summed E-state index contributed by atoms with van der Waals surface area (Å²) in [6.45, 7) is 7.54. The zero-order chi connectivity index (χ0) is 29.1. The molecule has 0 fully saturated rings. The van der Waals surface area contributed by atoms with Gasteiger partial charge in [-0.3, -0.25) is 0 Å². The van der Waals surface area contributed by atoms with E-state index in [1.165, 1.54) is 116 Å². The molecule has 0 saturated carbocycles. The number of thiophene rings is 1. The van der Waals surface area contributed by atoms with E-state index in [9.17, 15) is 0 Å². The summed E-state index contributed by atoms with van der Waals surface area (Å²) in [6, 6.07) is 8.18. The summed E-state index contributed by atoms with van der Waals surface area (Å²) in [5.41, 5.74) is 0. The molecule has 0 bridgehead atoms. The zero-order valence-electron chi connectivity index (χ0n) is 26.5. The van der Waals surface area contributed by atoms with Gasteiger partial charge in [0.25, 0.3) is 0 Å². The van der Waals surface area contributed by atoms with Gasteiger partial charge in [0.2, 0.25) is 0 Å². The minimum absolute atomic E-state index is 0.684. The van der Waals surface area contributed by atoms with Crippen LogP contribution in [0.15, 0.2) is 35.0 Å². The van der Waals surface area contributed by atoms with Crippen LogP contribution in [0.2, 0.25) is 0 Å². The largest absolute Gasteiger partial charge is 0.490 e. The first-order chi connectivity index (χ1) is 20.3. The van der Waals surface area contributed by atoms with Gasteiger partial charge in [-0.2, -0.15) is 0 Å². The molecule has 0 unspecified atom stereocenters. The maximum absolute atomic E-state index is 6.03. The van der Waals surface area contributed by atoms with E-state index >= 15 is 0 Å². The molecule has 1 aliphatic heterocycles. The number of para-hydroxylation sites is 2. The van der Waals surface area contributed by atoms with Gasteiger partial charge >= 0.3 is 0 Å². The average molecular weight is 589 g/mol. The monoisotopic (exact) mass is 588 g/mol. The van der Waals surface area contributed by atoms with Crippen LogP contribution in [0, 0.1) is 0 Å². The lowest BCUT2D eigenvalue weighted by Crippen LogP contribution is -2.13. The molecule has 234 valence electrons. The third-order valence-corrected chi connectivity index (χ3v) is 8.25. The van der Waals surface area contributed by atoms with Gasteiger partial charge in [0.1, 0.15) is 13.2 Å². The highest BCUT2D eigenvalue weighted by atomic mass is 32.1. The van der Waals surface area contributed by atoms with Crippen molar-refractivity contribution in [1.82, 2.24) is 0 Å². The molecule has 0 atom stereocenters. The van der Waals surface area contributed by atoms with E-state index in [2.05, 4.69) is 13.8 Å². The van der Waals surface area contributed by atoms with Crippen molar-refractivity contribution in [2.75, 3.05) is 26.4 Å². The van der Waals surface area contributed by atoms with Crippen LogP contribution < -0.4 is 18.9 Å². The van der Waals surface area contributed by atoms with Crippen LogP contribution in [0.3, 0.4) is 0 Å². The molecule has 41 heavy (non-hydrogen) atoms. The van der Waals surface area contributed by atoms with Crippen LogP contribution in [0.25, 0.3) is 0 Å². The third-order valence-electron chi connectivity index (χ3n) is 7.55. The van der Waals surface area contributed by atoms with Crippen molar-refractivity contribution in [1.29, 1.82) is 0 Å². The topological polar surface area (TPSA) is 36.9 Å². The van der Waals surface area contributed by atoms with Crippen LogP contribution >= 0.6 is 11.3 Å². The van der Waals surface area contributed by atoms with Crippen molar-refractivity contribution in [2.24, 2.45) is 0 Å². The van der Waals surface area contributed by atoms with Crippen molar-refractivity contribution in [2.45, 2.75) is 142 Å². The Morgan fingerprint density at radius 1 is 0.512 bits per heavy atom. The summed E-state index contributed by atoms with van der Waals surface area (Å²) >= 11 is 1.61. The summed E-state index contributed by atoms with van der Waals surface area (Å²) in [5.74, 6) is 3.61. The molecule has 1 aliphatic rings. The molecule has 0 amide bonds. The smallest absolute Gasteiger partial charge is 0.172 e. The molecule has 0 saturated heterocycles. The van der Waals surface area contributed by atoms with Crippen molar-refractivity contribution in [3.63, 3.8) is 0 Å². The SMILES string of the molecule is CCCCCCCCCCCCOc1ccccc1OCCCCCCCCCCCC.c1scc2c1OCCO2. The predicted molar refractivity (Wildman–Crippen MR) is 176 cm³/mol. The Bertz CT molecular complexity index is 771. The molecule has 0 radical (unpaired) electrons. The molecule has 1 aromatic heterocycles. The second-order valence-electron chi connectivity index (χ2n) is 11.3. The Morgan fingerprint density at radius 3 is 1.22 bits per heavy atom. The van der Waals surface area contributed by atoms with Gasteiger partial charge in [0.15, 0.2) is 23.0 Å². The van der Waals surface area contributed by atoms with E-state index in [0.29, 0.717) is 13.2 Å². The standard InChI is InChI=1S/C30H54O2.C6H6O2S/c1-3-5-7-9-11-13-15-17-19-23-27-31-29-25-21-22-26-30(29)32-28-24-20-18-16-14-12-10-8-6-4-2;1-2-8-6-4-9-3-5(6)7-1/h21-22,25-26H,3-20,23-24,27-28H2,1-2H3;3-4H,1-2H2. The minimum atomic E-state index is 0.684. The quantitative estimate of drug-likeness (QED) is 0.114. The summed E-state index contributed by atoms with van der Waals surface area (Å²) in [7, 11) is 0. The highest BCUT2D eigenvalue weighted by molar-refractivity contribution is 7.08. The number of unbranched alkanes of at least 4 members (excludes halogenated alkanes) is 18. The Labute approximate surface area is 256 Å². The molecule has 1 aromatic carbocycles. The Balaban J connectivity index is 0.000000542. The van der Waals surface area contributed by atoms with Gasteiger partial charge < -0.3 is 18.9 Å². The van der Waals surface area contributed by atoms with Gasteiger partial charge in [0.05, 0.1) is 13.2 Å². The molecule has 2 heterocycles. The highest BCUT2D eigenvalue weighted by Crippen LogP contribution is 2.33. The molecule has 5 heteroatoms. The fourth-order valence-electron chi connectivity index (χ4n) is 5.02. The van der Waals surface area contributed by atoms with E-state index in [4.69, 9.17) is 18.9 Å². The van der Waals surface area contributed by atoms with E-state index in [-0.39, 0.29) is 0 Å². The van der Waals surface area contributed by atoms with Crippen molar-refractivity contribution < 1.29 is 18.9 Å². The van der Waals surface area contributed by atoms with Gasteiger partial charge in [-0.15, -0.1) is 11.3 Å². The van der Waals surface area contributed by atoms with E-state index in [1.54, 1.807) is 11.3 Å². The first-order valence-electron chi connectivity index (χ1n) is 17.0. The molecule has 2 aromatic rings. The van der Waals surface area contributed by atoms with Crippen LogP contribution in [0.4, 0.5) is 0 Å². The lowest BCUT2D eigenvalue weighted by atomic mass is 10.1. The van der Waals surface area contributed by atoms with E-state index in [0.717, 1.165) is 49.1 Å². The zero-order valence-corrected chi connectivity index (χ0v) is 27.3. The molecule has 3 rings (SSSR count). The molecule has 0 aliphatic carbocycles. The minimum Gasteiger partial charge on any atom is -0.490 e. The van der Waals surface area contributed by atoms with Crippen LogP contribution in [-0.4, -0.2) is 26.4 Å².